The molecule has 0 aromatic heterocycles. The summed E-state index contributed by atoms with van der Waals surface area (Å²) in [6.07, 6.45) is 0. The van der Waals surface area contributed by atoms with E-state index in [0.29, 0.717) is 0 Å². The predicted octanol–water partition coefficient (Wildman–Crippen LogP) is 6.04. The smallest absolute Gasteiger partial charge is 0.137 e. The lowest BCUT2D eigenvalue weighted by Crippen LogP contribution is -2.21. The molecular formula is C21H20IN2P. The number of amidine groups is 1. The first-order valence-electron chi connectivity index (χ1n) is 8.12. The molecule has 3 aromatic rings. The highest BCUT2D eigenvalue weighted by Gasteiger charge is 2.11. The van der Waals surface area contributed by atoms with E-state index < -0.39 is 5.71 Å². The van der Waals surface area contributed by atoms with Gasteiger partial charge in [0, 0.05) is 10.9 Å². The van der Waals surface area contributed by atoms with Crippen LogP contribution in [0.4, 0.5) is 5.69 Å². The number of hydrogen-bond donors (Lipinski definition) is 1. The van der Waals surface area contributed by atoms with Crippen LogP contribution in [0.5, 0.6) is 0 Å². The fourth-order valence-electron chi connectivity index (χ4n) is 2.61. The average molecular weight is 458 g/mol. The van der Waals surface area contributed by atoms with Crippen LogP contribution in [0.25, 0.3) is 0 Å². The van der Waals surface area contributed by atoms with Crippen molar-refractivity contribution in [2.24, 2.45) is 4.99 Å². The van der Waals surface area contributed by atoms with Crippen LogP contribution >= 0.6 is 27.8 Å². The summed E-state index contributed by atoms with van der Waals surface area (Å²) in [6.45, 7) is 4.22. The third kappa shape index (κ3) is 5.13. The summed E-state index contributed by atoms with van der Waals surface area (Å²) < 4.78 is 0. The first kappa shape index (κ1) is 18.1. The molecule has 2 nitrogen and oxygen atoms in total. The van der Waals surface area contributed by atoms with E-state index in [4.69, 9.17) is 4.99 Å². The lowest BCUT2D eigenvalue weighted by atomic mass is 10.1. The molecule has 0 aliphatic carbocycles. The molecule has 25 heavy (non-hydrogen) atoms. The largest absolute Gasteiger partial charge is 0.337 e. The van der Waals surface area contributed by atoms with Gasteiger partial charge in [-0.2, -0.15) is 0 Å². The molecule has 1 unspecified atom stereocenters. The summed E-state index contributed by atoms with van der Waals surface area (Å²) >= 11 is 2.48. The lowest BCUT2D eigenvalue weighted by Gasteiger charge is -2.16. The second-order valence-electron chi connectivity index (χ2n) is 5.90. The fraction of sp³-hybridized carbons (Fsp3) is 0.0952. The zero-order chi connectivity index (χ0) is 17.6. The normalized spacial score (nSPS) is 12.7. The average Bonchev–Trinajstić information content (AvgIpc) is 2.62. The van der Waals surface area contributed by atoms with Crippen LogP contribution in [0.3, 0.4) is 0 Å². The second kappa shape index (κ2) is 8.59. The SMILES string of the molecule is Cc1cc(C)cc(/N=C(/NP(I)c2ccccc2)c2ccccc2)c1. The summed E-state index contributed by atoms with van der Waals surface area (Å²) in [7, 11) is 0. The van der Waals surface area contributed by atoms with Crippen LogP contribution in [0.15, 0.2) is 83.9 Å². The van der Waals surface area contributed by atoms with Crippen molar-refractivity contribution < 1.29 is 0 Å². The zero-order valence-electron chi connectivity index (χ0n) is 14.3. The highest BCUT2D eigenvalue weighted by molar-refractivity contribution is 14.2. The number of hydrogen-bond acceptors (Lipinski definition) is 1. The van der Waals surface area contributed by atoms with Crippen molar-refractivity contribution in [1.82, 2.24) is 5.09 Å². The number of halogens is 1. The van der Waals surface area contributed by atoms with Crippen LogP contribution in [-0.2, 0) is 0 Å². The van der Waals surface area contributed by atoms with E-state index in [2.05, 4.69) is 95.6 Å². The van der Waals surface area contributed by atoms with Crippen LogP contribution in [0.2, 0.25) is 0 Å². The number of nitrogens with one attached hydrogen (secondary N) is 1. The number of rotatable bonds is 4. The second-order valence-corrected chi connectivity index (χ2v) is 10.1. The molecular weight excluding hydrogens is 438 g/mol. The maximum Gasteiger partial charge on any atom is 0.137 e. The predicted molar refractivity (Wildman–Crippen MR) is 119 cm³/mol. The molecule has 3 rings (SSSR count). The van der Waals surface area contributed by atoms with Crippen LogP contribution in [0.1, 0.15) is 16.7 Å². The highest BCUT2D eigenvalue weighted by Crippen LogP contribution is 2.39. The Balaban J connectivity index is 1.97. The minimum Gasteiger partial charge on any atom is -0.337 e. The van der Waals surface area contributed by atoms with Gasteiger partial charge in [0.1, 0.15) is 5.84 Å². The molecule has 0 fully saturated rings. The molecule has 1 atom stereocenters. The van der Waals surface area contributed by atoms with Gasteiger partial charge in [0.2, 0.25) is 0 Å². The van der Waals surface area contributed by atoms with E-state index in [1.54, 1.807) is 0 Å². The first-order valence-corrected chi connectivity index (χ1v) is 12.2. The molecule has 0 amide bonds. The molecule has 0 aliphatic heterocycles. The molecule has 0 saturated heterocycles. The van der Waals surface area contributed by atoms with Gasteiger partial charge in [0.25, 0.3) is 0 Å². The number of nitrogens with zero attached hydrogens (tertiary/aromatic N) is 1. The molecule has 0 saturated carbocycles. The van der Waals surface area contributed by atoms with Crippen molar-refractivity contribution in [3.63, 3.8) is 0 Å². The van der Waals surface area contributed by atoms with Crippen LogP contribution in [-0.4, -0.2) is 5.84 Å². The first-order chi connectivity index (χ1) is 12.1. The Kier molecular flexibility index (Phi) is 6.22. The van der Waals surface area contributed by atoms with E-state index in [-0.39, 0.29) is 0 Å². The van der Waals surface area contributed by atoms with Crippen LogP contribution < -0.4 is 10.4 Å². The third-order valence-corrected chi connectivity index (χ3v) is 7.24. The van der Waals surface area contributed by atoms with Crippen molar-refractivity contribution in [1.29, 1.82) is 0 Å². The van der Waals surface area contributed by atoms with Crippen molar-refractivity contribution in [2.75, 3.05) is 0 Å². The molecule has 0 aliphatic rings. The van der Waals surface area contributed by atoms with Gasteiger partial charge in [-0.25, -0.2) is 4.99 Å². The van der Waals surface area contributed by atoms with Gasteiger partial charge in [-0.3, -0.25) is 0 Å². The van der Waals surface area contributed by atoms with E-state index in [1.807, 2.05) is 24.3 Å². The molecule has 0 bridgehead atoms. The maximum absolute atomic E-state index is 4.93. The molecule has 126 valence electrons. The molecule has 3 aromatic carbocycles. The van der Waals surface area contributed by atoms with Crippen molar-refractivity contribution >= 4 is 44.6 Å². The Labute approximate surface area is 163 Å². The Bertz CT molecular complexity index is 843. The topological polar surface area (TPSA) is 24.4 Å². The fourth-order valence-corrected chi connectivity index (χ4v) is 5.19. The van der Waals surface area contributed by atoms with Gasteiger partial charge < -0.3 is 5.09 Å². The third-order valence-electron chi connectivity index (χ3n) is 3.68. The van der Waals surface area contributed by atoms with Gasteiger partial charge >= 0.3 is 0 Å². The lowest BCUT2D eigenvalue weighted by molar-refractivity contribution is 1.33. The monoisotopic (exact) mass is 458 g/mol. The van der Waals surface area contributed by atoms with Gasteiger partial charge in [0.15, 0.2) is 0 Å². The Morgan fingerprint density at radius 2 is 1.40 bits per heavy atom. The summed E-state index contributed by atoms with van der Waals surface area (Å²) in [4.78, 5) is 4.93. The molecule has 0 heterocycles. The number of benzene rings is 3. The van der Waals surface area contributed by atoms with Crippen molar-refractivity contribution in [2.45, 2.75) is 13.8 Å². The van der Waals surface area contributed by atoms with Gasteiger partial charge in [-0.1, -0.05) is 66.7 Å². The number of aliphatic imine (C=N–C) groups is 1. The minimum atomic E-state index is -0.561. The van der Waals surface area contributed by atoms with E-state index >= 15 is 0 Å². The Morgan fingerprint density at radius 1 is 0.840 bits per heavy atom. The van der Waals surface area contributed by atoms with E-state index in [9.17, 15) is 0 Å². The van der Waals surface area contributed by atoms with E-state index in [0.717, 1.165) is 17.1 Å². The van der Waals surface area contributed by atoms with E-state index in [1.165, 1.54) is 16.4 Å². The molecule has 4 heteroatoms. The quantitative estimate of drug-likeness (QED) is 0.219. The minimum absolute atomic E-state index is 0.561. The molecule has 0 radical (unpaired) electrons. The molecule has 0 spiro atoms. The van der Waals surface area contributed by atoms with Crippen LogP contribution in [0, 0.1) is 13.8 Å². The van der Waals surface area contributed by atoms with Gasteiger partial charge in [0.05, 0.1) is 11.4 Å². The van der Waals surface area contributed by atoms with Crippen molar-refractivity contribution in [3.05, 3.63) is 95.6 Å². The molecule has 1 N–H and O–H groups in total. The summed E-state index contributed by atoms with van der Waals surface area (Å²) in [5.41, 5.74) is 3.98. The number of aryl methyl sites for hydroxylation is 2. The summed E-state index contributed by atoms with van der Waals surface area (Å²) in [5, 5.41) is 4.93. The Hall–Kier alpha value is -1.71. The summed E-state index contributed by atoms with van der Waals surface area (Å²) in [6, 6.07) is 27.2. The van der Waals surface area contributed by atoms with Gasteiger partial charge in [-0.15, -0.1) is 0 Å². The maximum atomic E-state index is 4.93. The zero-order valence-corrected chi connectivity index (χ0v) is 17.3. The highest BCUT2D eigenvalue weighted by atomic mass is 127. The van der Waals surface area contributed by atoms with Crippen molar-refractivity contribution in [3.8, 4) is 0 Å². The standard InChI is InChI=1S/C21H20IN2P/c1-16-13-17(2)15-19(14-16)23-21(18-9-5-3-6-10-18)24-25(22)20-11-7-4-8-12-20/h3-15H,1-2H3,(H,23,24). The summed E-state index contributed by atoms with van der Waals surface area (Å²) in [5.74, 6) is 0.912. The Morgan fingerprint density at radius 3 is 2.00 bits per heavy atom. The van der Waals surface area contributed by atoms with Gasteiger partial charge in [-0.05, 0) is 59.1 Å².